The first-order valence-corrected chi connectivity index (χ1v) is 14.9. The Labute approximate surface area is 218 Å². The highest BCUT2D eigenvalue weighted by molar-refractivity contribution is 7.70. The number of H-pyrrole nitrogens is 1. The zero-order valence-corrected chi connectivity index (χ0v) is 22.1. The fourth-order valence-corrected chi connectivity index (χ4v) is 6.85. The van der Waals surface area contributed by atoms with E-state index in [2.05, 4.69) is 19.9 Å². The van der Waals surface area contributed by atoms with Gasteiger partial charge in [0.25, 0.3) is 5.56 Å². The van der Waals surface area contributed by atoms with Crippen molar-refractivity contribution in [1.29, 1.82) is 0 Å². The Hall–Kier alpha value is -2.16. The van der Waals surface area contributed by atoms with E-state index in [0.717, 1.165) is 4.68 Å². The minimum Gasteiger partial charge on any atom is -0.387 e. The van der Waals surface area contributed by atoms with Crippen LogP contribution in [-0.4, -0.2) is 70.5 Å². The van der Waals surface area contributed by atoms with Crippen LogP contribution < -0.4 is 10.9 Å². The van der Waals surface area contributed by atoms with Crippen molar-refractivity contribution in [3.63, 3.8) is 0 Å². The van der Waals surface area contributed by atoms with E-state index in [1.165, 1.54) is 18.2 Å². The minimum atomic E-state index is -4.89. The van der Waals surface area contributed by atoms with Gasteiger partial charge in [0.2, 0.25) is 0 Å². The average Bonchev–Trinajstić information content (AvgIpc) is 3.27. The van der Waals surface area contributed by atoms with Crippen LogP contribution in [0.3, 0.4) is 0 Å². The molecule has 0 saturated carbocycles. The molecule has 1 aliphatic rings. The molecule has 0 bridgehead atoms. The second-order valence-electron chi connectivity index (χ2n) is 8.68. The molecule has 4 rings (SSSR count). The van der Waals surface area contributed by atoms with Crippen LogP contribution in [0.4, 0.5) is 10.1 Å². The zero-order chi connectivity index (χ0) is 28.0. The molecule has 38 heavy (non-hydrogen) atoms. The first-order chi connectivity index (χ1) is 17.7. The molecule has 1 unspecified atom stereocenters. The molecule has 1 aromatic carbocycles. The van der Waals surface area contributed by atoms with Gasteiger partial charge in [0.05, 0.1) is 18.3 Å². The highest BCUT2D eigenvalue weighted by Crippen LogP contribution is 2.55. The van der Waals surface area contributed by atoms with Crippen LogP contribution in [0.25, 0.3) is 11.0 Å². The summed E-state index contributed by atoms with van der Waals surface area (Å²) in [6, 6.07) is 6.81. The molecular weight excluding hydrogens is 573 g/mol. The van der Waals surface area contributed by atoms with Crippen LogP contribution in [-0.2, 0) is 18.4 Å². The molecule has 18 heteroatoms. The lowest BCUT2D eigenvalue weighted by atomic mass is 10.1. The Kier molecular flexibility index (Phi) is 8.18. The number of hydrogen-bond donors (Lipinski definition) is 7. The molecule has 3 aromatic rings. The molecule has 7 N–H and O–H groups in total. The van der Waals surface area contributed by atoms with E-state index in [1.54, 1.807) is 19.1 Å². The molecular formula is C20H24ClFN4O10P2. The zero-order valence-electron chi connectivity index (χ0n) is 19.5. The fraction of sp³-hybridized carbons (Fsp3) is 0.400. The summed E-state index contributed by atoms with van der Waals surface area (Å²) in [5, 5.41) is 26.4. The maximum Gasteiger partial charge on any atom is 0.340 e. The highest BCUT2D eigenvalue weighted by atomic mass is 35.5. The number of hydrogen-bond acceptors (Lipinski definition) is 9. The van der Waals surface area contributed by atoms with Crippen LogP contribution in [0.5, 0.6) is 0 Å². The molecule has 14 nitrogen and oxygen atoms in total. The second-order valence-corrected chi connectivity index (χ2v) is 13.1. The summed E-state index contributed by atoms with van der Waals surface area (Å²) in [5.74, 6) is -1.92. The van der Waals surface area contributed by atoms with Crippen molar-refractivity contribution in [2.75, 3.05) is 17.8 Å². The van der Waals surface area contributed by atoms with Crippen LogP contribution in [0.1, 0.15) is 24.8 Å². The first-order valence-electron chi connectivity index (χ1n) is 11.0. The molecule has 2 aromatic heterocycles. The van der Waals surface area contributed by atoms with Gasteiger partial charge in [-0.25, -0.2) is 14.1 Å². The summed E-state index contributed by atoms with van der Waals surface area (Å²) >= 11 is 6.17. The molecule has 0 spiro atoms. The van der Waals surface area contributed by atoms with Gasteiger partial charge in [0.1, 0.15) is 34.7 Å². The molecule has 1 fully saturated rings. The number of rotatable bonds is 9. The third-order valence-corrected chi connectivity index (χ3v) is 9.43. The molecule has 0 radical (unpaired) electrons. The molecule has 1 saturated heterocycles. The Bertz CT molecular complexity index is 1500. The number of aliphatic hydroxyl groups excluding tert-OH is 2. The standard InChI is InChI=1S/C20H24ClFN4O10P2/c1-9(10-4-2-3-5-11(10)22)23-12-6-14(21)24-18-15(12)19(29)25-26(18)20-17(28)16(27)13(36-20)7-35-38(33,34)8-37(30,31)32/h2-6,9,13,16-17,20,27-28H,7-8H2,1H3,(H,23,24)(H,25,29)(H,33,34)(H2,30,31,32)/t9-,13+,16+,17+,20+/m0/s1. The molecule has 208 valence electrons. The molecule has 1 aliphatic heterocycles. The van der Waals surface area contributed by atoms with E-state index in [1.807, 2.05) is 0 Å². The van der Waals surface area contributed by atoms with Crippen molar-refractivity contribution < 1.29 is 47.7 Å². The SMILES string of the molecule is C[C@H](Nc1cc(Cl)nc2c1c(=O)[nH]n2[C@@H]1O[C@H](COP(=O)(O)CP(=O)(O)O)[C@@H](O)[C@H]1O)c1ccccc1F. The van der Waals surface area contributed by atoms with Crippen molar-refractivity contribution >= 4 is 43.5 Å². The maximum atomic E-state index is 14.3. The summed E-state index contributed by atoms with van der Waals surface area (Å²) in [7, 11) is -9.65. The van der Waals surface area contributed by atoms with E-state index in [4.69, 9.17) is 26.1 Å². The third kappa shape index (κ3) is 6.18. The largest absolute Gasteiger partial charge is 0.387 e. The topological polar surface area (TPSA) is 216 Å². The van der Waals surface area contributed by atoms with Gasteiger partial charge in [-0.2, -0.15) is 0 Å². The fourth-order valence-electron chi connectivity index (χ4n) is 4.10. The Balaban J connectivity index is 1.61. The van der Waals surface area contributed by atoms with Crippen molar-refractivity contribution in [1.82, 2.24) is 14.8 Å². The number of halogens is 2. The number of benzene rings is 1. The normalized spacial score (nSPS) is 24.4. The number of nitrogens with one attached hydrogen (secondary N) is 2. The van der Waals surface area contributed by atoms with Crippen LogP contribution in [0, 0.1) is 5.82 Å². The molecule has 3 heterocycles. The smallest absolute Gasteiger partial charge is 0.340 e. The highest BCUT2D eigenvalue weighted by Gasteiger charge is 2.46. The van der Waals surface area contributed by atoms with E-state index in [9.17, 15) is 33.4 Å². The van der Waals surface area contributed by atoms with Crippen molar-refractivity contribution in [3.8, 4) is 0 Å². The summed E-state index contributed by atoms with van der Waals surface area (Å²) in [6.45, 7) is 0.855. The number of aromatic amines is 1. The summed E-state index contributed by atoms with van der Waals surface area (Å²) in [4.78, 5) is 44.5. The third-order valence-electron chi connectivity index (χ3n) is 5.79. The van der Waals surface area contributed by atoms with E-state index >= 15 is 0 Å². The van der Waals surface area contributed by atoms with Gasteiger partial charge in [0, 0.05) is 5.56 Å². The Morgan fingerprint density at radius 1 is 1.26 bits per heavy atom. The lowest BCUT2D eigenvalue weighted by Gasteiger charge is -2.19. The predicted octanol–water partition coefficient (Wildman–Crippen LogP) is 1.65. The van der Waals surface area contributed by atoms with Gasteiger partial charge in [-0.3, -0.25) is 19.0 Å². The van der Waals surface area contributed by atoms with E-state index in [-0.39, 0.29) is 21.9 Å². The van der Waals surface area contributed by atoms with E-state index in [0.29, 0.717) is 5.56 Å². The summed E-state index contributed by atoms with van der Waals surface area (Å²) in [6.07, 6.45) is -6.27. The number of fused-ring (bicyclic) bond motifs is 1. The van der Waals surface area contributed by atoms with Crippen molar-refractivity contribution in [3.05, 3.63) is 57.2 Å². The Morgan fingerprint density at radius 2 is 1.95 bits per heavy atom. The van der Waals surface area contributed by atoms with Crippen LogP contribution in [0.15, 0.2) is 35.1 Å². The molecule has 0 aliphatic carbocycles. The lowest BCUT2D eigenvalue weighted by molar-refractivity contribution is -0.0543. The van der Waals surface area contributed by atoms with Crippen LogP contribution >= 0.6 is 26.8 Å². The predicted molar refractivity (Wildman–Crippen MR) is 132 cm³/mol. The Morgan fingerprint density at radius 3 is 2.61 bits per heavy atom. The number of nitrogens with zero attached hydrogens (tertiary/aromatic N) is 2. The number of pyridine rings is 1. The van der Waals surface area contributed by atoms with Gasteiger partial charge < -0.3 is 39.5 Å². The van der Waals surface area contributed by atoms with Gasteiger partial charge in [-0.15, -0.1) is 0 Å². The van der Waals surface area contributed by atoms with Gasteiger partial charge in [-0.1, -0.05) is 29.8 Å². The quantitative estimate of drug-likeness (QED) is 0.139. The van der Waals surface area contributed by atoms with Crippen molar-refractivity contribution in [2.45, 2.75) is 37.5 Å². The molecule has 0 amide bonds. The van der Waals surface area contributed by atoms with E-state index < -0.39 is 69.7 Å². The number of anilines is 1. The average molecular weight is 597 g/mol. The first kappa shape index (κ1) is 28.8. The molecule has 6 atom stereocenters. The summed E-state index contributed by atoms with van der Waals surface area (Å²) < 4.78 is 48.4. The maximum absolute atomic E-state index is 14.3. The van der Waals surface area contributed by atoms with Gasteiger partial charge in [-0.05, 0) is 19.1 Å². The number of ether oxygens (including phenoxy) is 1. The van der Waals surface area contributed by atoms with Gasteiger partial charge >= 0.3 is 15.2 Å². The number of aliphatic hydroxyl groups is 2. The number of aromatic nitrogens is 3. The monoisotopic (exact) mass is 596 g/mol. The summed E-state index contributed by atoms with van der Waals surface area (Å²) in [5.41, 5.74) is -0.246. The minimum absolute atomic E-state index is 0.0101. The van der Waals surface area contributed by atoms with Crippen molar-refractivity contribution in [2.24, 2.45) is 0 Å². The lowest BCUT2D eigenvalue weighted by Crippen LogP contribution is -2.34. The second kappa shape index (κ2) is 10.8. The van der Waals surface area contributed by atoms with Gasteiger partial charge in [0.15, 0.2) is 17.8 Å². The van der Waals surface area contributed by atoms with Crippen LogP contribution in [0.2, 0.25) is 5.15 Å².